The topological polar surface area (TPSA) is 49.8 Å². The minimum Gasteiger partial charge on any atom is -0.491 e. The largest absolute Gasteiger partial charge is 0.491 e. The fourth-order valence-corrected chi connectivity index (χ4v) is 1.51. The number of aliphatic hydroxyl groups excluding tert-OH is 1. The van der Waals surface area contributed by atoms with E-state index in [9.17, 15) is 9.18 Å². The molecule has 1 aromatic rings. The summed E-state index contributed by atoms with van der Waals surface area (Å²) in [5.41, 5.74) is 0.471. The Kier molecular flexibility index (Phi) is 5.58. The molecule has 100 valence electrons. The Morgan fingerprint density at radius 1 is 1.50 bits per heavy atom. The molecule has 0 aliphatic heterocycles. The lowest BCUT2D eigenvalue weighted by Crippen LogP contribution is -2.26. The summed E-state index contributed by atoms with van der Waals surface area (Å²) in [5, 5.41) is 8.66. The third kappa shape index (κ3) is 3.70. The summed E-state index contributed by atoms with van der Waals surface area (Å²) in [4.78, 5) is 13.1. The highest BCUT2D eigenvalue weighted by Gasteiger charge is 2.12. The van der Waals surface area contributed by atoms with Crippen molar-refractivity contribution in [2.45, 2.75) is 19.8 Å². The summed E-state index contributed by atoms with van der Waals surface area (Å²) in [6.45, 7) is 2.14. The molecule has 0 spiro atoms. The number of benzene rings is 1. The van der Waals surface area contributed by atoms with Gasteiger partial charge in [0.15, 0.2) is 11.6 Å². The average Bonchev–Trinajstić information content (AvgIpc) is 2.37. The van der Waals surface area contributed by atoms with Gasteiger partial charge in [-0.05, 0) is 25.5 Å². The lowest BCUT2D eigenvalue weighted by atomic mass is 10.2. The number of hydrogen-bond acceptors (Lipinski definition) is 3. The molecule has 0 fully saturated rings. The molecule has 0 saturated carbocycles. The van der Waals surface area contributed by atoms with Crippen molar-refractivity contribution in [2.75, 3.05) is 25.2 Å². The normalized spacial score (nSPS) is 10.2. The fourth-order valence-electron chi connectivity index (χ4n) is 1.51. The highest BCUT2D eigenvalue weighted by Crippen LogP contribution is 2.23. The lowest BCUT2D eigenvalue weighted by molar-refractivity contribution is -0.118. The van der Waals surface area contributed by atoms with E-state index >= 15 is 0 Å². The molecule has 1 amide bonds. The van der Waals surface area contributed by atoms with E-state index in [-0.39, 0.29) is 24.7 Å². The molecule has 5 heteroatoms. The summed E-state index contributed by atoms with van der Waals surface area (Å²) < 4.78 is 18.7. The first-order valence-corrected chi connectivity index (χ1v) is 5.90. The highest BCUT2D eigenvalue weighted by atomic mass is 19.1. The van der Waals surface area contributed by atoms with Gasteiger partial charge in [-0.15, -0.1) is 0 Å². The van der Waals surface area contributed by atoms with Gasteiger partial charge in [-0.3, -0.25) is 4.79 Å². The second-order valence-corrected chi connectivity index (χ2v) is 3.83. The van der Waals surface area contributed by atoms with Crippen LogP contribution in [-0.4, -0.2) is 31.3 Å². The number of ether oxygens (including phenoxy) is 1. The zero-order valence-electron chi connectivity index (χ0n) is 10.6. The Bertz CT molecular complexity index is 409. The van der Waals surface area contributed by atoms with Crippen LogP contribution in [0.25, 0.3) is 0 Å². The Morgan fingerprint density at radius 3 is 2.78 bits per heavy atom. The summed E-state index contributed by atoms with van der Waals surface area (Å²) >= 11 is 0. The van der Waals surface area contributed by atoms with Gasteiger partial charge in [0.2, 0.25) is 5.91 Å². The monoisotopic (exact) mass is 255 g/mol. The van der Waals surface area contributed by atoms with Gasteiger partial charge in [0.1, 0.15) is 0 Å². The van der Waals surface area contributed by atoms with E-state index in [1.165, 1.54) is 17.0 Å². The van der Waals surface area contributed by atoms with E-state index in [0.29, 0.717) is 18.7 Å². The van der Waals surface area contributed by atoms with Crippen molar-refractivity contribution in [3.05, 3.63) is 24.0 Å². The second-order valence-electron chi connectivity index (χ2n) is 3.83. The molecular formula is C13H18FNO3. The Morgan fingerprint density at radius 2 is 2.22 bits per heavy atom. The molecule has 1 aromatic carbocycles. The number of hydrogen-bond donors (Lipinski definition) is 1. The van der Waals surface area contributed by atoms with Crippen molar-refractivity contribution >= 4 is 11.6 Å². The van der Waals surface area contributed by atoms with Gasteiger partial charge in [-0.25, -0.2) is 4.39 Å². The van der Waals surface area contributed by atoms with E-state index in [1.54, 1.807) is 20.0 Å². The predicted octanol–water partition coefficient (Wildman–Crippen LogP) is 1.96. The van der Waals surface area contributed by atoms with Crippen LogP contribution in [0.5, 0.6) is 5.75 Å². The SMILES string of the molecule is CCOc1ccc(N(C)C(=O)CCCO)cc1F. The van der Waals surface area contributed by atoms with Crippen molar-refractivity contribution in [3.63, 3.8) is 0 Å². The molecule has 1 rings (SSSR count). The lowest BCUT2D eigenvalue weighted by Gasteiger charge is -2.18. The predicted molar refractivity (Wildman–Crippen MR) is 67.3 cm³/mol. The quantitative estimate of drug-likeness (QED) is 0.845. The van der Waals surface area contributed by atoms with Crippen molar-refractivity contribution in [3.8, 4) is 5.75 Å². The van der Waals surface area contributed by atoms with Crippen molar-refractivity contribution in [1.29, 1.82) is 0 Å². The summed E-state index contributed by atoms with van der Waals surface area (Å²) in [6.07, 6.45) is 0.643. The van der Waals surface area contributed by atoms with Crippen LogP contribution >= 0.6 is 0 Å². The molecule has 0 atom stereocenters. The first-order chi connectivity index (χ1) is 8.60. The summed E-state index contributed by atoms with van der Waals surface area (Å²) in [7, 11) is 1.58. The maximum atomic E-state index is 13.6. The third-order valence-electron chi connectivity index (χ3n) is 2.53. The van der Waals surface area contributed by atoms with E-state index < -0.39 is 5.82 Å². The fraction of sp³-hybridized carbons (Fsp3) is 0.462. The van der Waals surface area contributed by atoms with Gasteiger partial charge in [0.25, 0.3) is 0 Å². The molecule has 0 saturated heterocycles. The van der Waals surface area contributed by atoms with Crippen LogP contribution in [0, 0.1) is 5.82 Å². The van der Waals surface area contributed by atoms with Crippen molar-refractivity contribution in [1.82, 2.24) is 0 Å². The summed E-state index contributed by atoms with van der Waals surface area (Å²) in [5.74, 6) is -0.471. The molecule has 0 aromatic heterocycles. The van der Waals surface area contributed by atoms with Crippen LogP contribution in [0.3, 0.4) is 0 Å². The van der Waals surface area contributed by atoms with Crippen LogP contribution in [0.2, 0.25) is 0 Å². The number of aliphatic hydroxyl groups is 1. The van der Waals surface area contributed by atoms with E-state index in [2.05, 4.69) is 0 Å². The zero-order valence-corrected chi connectivity index (χ0v) is 10.6. The highest BCUT2D eigenvalue weighted by molar-refractivity contribution is 5.92. The molecule has 0 heterocycles. The molecular weight excluding hydrogens is 237 g/mol. The first kappa shape index (κ1) is 14.4. The van der Waals surface area contributed by atoms with E-state index in [1.807, 2.05) is 0 Å². The smallest absolute Gasteiger partial charge is 0.226 e. The maximum Gasteiger partial charge on any atom is 0.226 e. The van der Waals surface area contributed by atoms with E-state index in [0.717, 1.165) is 0 Å². The minimum atomic E-state index is -0.490. The summed E-state index contributed by atoms with van der Waals surface area (Å²) in [6, 6.07) is 4.40. The van der Waals surface area contributed by atoms with Crippen molar-refractivity contribution in [2.24, 2.45) is 0 Å². The number of carbonyl (C=O) groups excluding carboxylic acids is 1. The van der Waals surface area contributed by atoms with E-state index in [4.69, 9.17) is 9.84 Å². The van der Waals surface area contributed by atoms with Gasteiger partial charge in [0, 0.05) is 31.8 Å². The molecule has 18 heavy (non-hydrogen) atoms. The van der Waals surface area contributed by atoms with Crippen LogP contribution in [0.1, 0.15) is 19.8 Å². The molecule has 0 unspecified atom stereocenters. The molecule has 1 N–H and O–H groups in total. The van der Waals surface area contributed by atoms with Crippen molar-refractivity contribution < 1.29 is 19.0 Å². The van der Waals surface area contributed by atoms with Gasteiger partial charge in [-0.2, -0.15) is 0 Å². The zero-order chi connectivity index (χ0) is 13.5. The Balaban J connectivity index is 2.77. The molecule has 0 aliphatic carbocycles. The molecule has 0 radical (unpaired) electrons. The van der Waals surface area contributed by atoms with Gasteiger partial charge in [-0.1, -0.05) is 0 Å². The van der Waals surface area contributed by atoms with Crippen LogP contribution in [0.15, 0.2) is 18.2 Å². The Hall–Kier alpha value is -1.62. The van der Waals surface area contributed by atoms with Gasteiger partial charge < -0.3 is 14.7 Å². The molecule has 4 nitrogen and oxygen atoms in total. The third-order valence-corrected chi connectivity index (χ3v) is 2.53. The second kappa shape index (κ2) is 6.96. The number of carbonyl (C=O) groups is 1. The van der Waals surface area contributed by atoms with Gasteiger partial charge in [0.05, 0.1) is 6.61 Å². The Labute approximate surface area is 106 Å². The van der Waals surface area contributed by atoms with Crippen LogP contribution in [0.4, 0.5) is 10.1 Å². The standard InChI is InChI=1S/C13H18FNO3/c1-3-18-12-7-6-10(9-11(12)14)15(2)13(17)5-4-8-16/h6-7,9,16H,3-5,8H2,1-2H3. The number of halogens is 1. The number of amides is 1. The van der Waals surface area contributed by atoms with Crippen LogP contribution < -0.4 is 9.64 Å². The number of rotatable bonds is 6. The number of anilines is 1. The molecule has 0 bridgehead atoms. The minimum absolute atomic E-state index is 0.0305. The van der Waals surface area contributed by atoms with Crippen LogP contribution in [-0.2, 0) is 4.79 Å². The first-order valence-electron chi connectivity index (χ1n) is 5.90. The van der Waals surface area contributed by atoms with Gasteiger partial charge >= 0.3 is 0 Å². The average molecular weight is 255 g/mol. The number of nitrogens with zero attached hydrogens (tertiary/aromatic N) is 1. The molecule has 0 aliphatic rings. The maximum absolute atomic E-state index is 13.6.